The van der Waals surface area contributed by atoms with Crippen LogP contribution in [0.2, 0.25) is 0 Å². The number of hydrogen-bond acceptors (Lipinski definition) is 4. The Bertz CT molecular complexity index is 710. The lowest BCUT2D eigenvalue weighted by molar-refractivity contribution is -0.384. The van der Waals surface area contributed by atoms with Crippen molar-refractivity contribution in [3.05, 3.63) is 75.8 Å². The summed E-state index contributed by atoms with van der Waals surface area (Å²) >= 11 is 0. The summed E-state index contributed by atoms with van der Waals surface area (Å²) in [6, 6.07) is 14.3. The minimum atomic E-state index is -1.19. The van der Waals surface area contributed by atoms with Crippen molar-refractivity contribution in [1.82, 2.24) is 0 Å². The summed E-state index contributed by atoms with van der Waals surface area (Å²) in [6.07, 6.45) is 0.645. The quantitative estimate of drug-likeness (QED) is 0.366. The van der Waals surface area contributed by atoms with Crippen LogP contribution in [0.1, 0.15) is 22.3 Å². The van der Waals surface area contributed by atoms with Gasteiger partial charge in [0.05, 0.1) is 4.92 Å². The van der Waals surface area contributed by atoms with E-state index >= 15 is 0 Å². The first-order chi connectivity index (χ1) is 11.0. The van der Waals surface area contributed by atoms with E-state index in [2.05, 4.69) is 0 Å². The summed E-state index contributed by atoms with van der Waals surface area (Å²) in [5.74, 6) is -2.90. The Morgan fingerprint density at radius 1 is 1.04 bits per heavy atom. The Labute approximate surface area is 132 Å². The minimum absolute atomic E-state index is 0.141. The maximum atomic E-state index is 12.3. The summed E-state index contributed by atoms with van der Waals surface area (Å²) in [4.78, 5) is 33.8. The largest absolute Gasteiger partial charge is 0.481 e. The number of benzene rings is 2. The molecule has 0 aliphatic carbocycles. The highest BCUT2D eigenvalue weighted by Crippen LogP contribution is 2.19. The molecule has 118 valence electrons. The molecule has 0 fully saturated rings. The number of carbonyl (C=O) groups is 2. The van der Waals surface area contributed by atoms with Gasteiger partial charge in [0.2, 0.25) is 0 Å². The summed E-state index contributed by atoms with van der Waals surface area (Å²) in [7, 11) is 0. The molecule has 0 heterocycles. The van der Waals surface area contributed by atoms with E-state index in [1.807, 2.05) is 30.3 Å². The van der Waals surface area contributed by atoms with Gasteiger partial charge in [0, 0.05) is 17.7 Å². The van der Waals surface area contributed by atoms with Crippen LogP contribution in [0.3, 0.4) is 0 Å². The predicted octanol–water partition coefficient (Wildman–Crippen LogP) is 3.11. The number of nitro benzene ring substituents is 1. The second-order valence-corrected chi connectivity index (χ2v) is 5.08. The molecule has 0 saturated carbocycles. The van der Waals surface area contributed by atoms with Gasteiger partial charge in [-0.1, -0.05) is 30.3 Å². The van der Waals surface area contributed by atoms with Gasteiger partial charge < -0.3 is 5.11 Å². The van der Waals surface area contributed by atoms with E-state index in [0.29, 0.717) is 6.42 Å². The molecule has 0 saturated heterocycles. The number of aryl methyl sites for hydroxylation is 1. The number of rotatable bonds is 7. The number of ketones is 1. The molecule has 0 aliphatic rings. The van der Waals surface area contributed by atoms with Gasteiger partial charge in [0.15, 0.2) is 5.78 Å². The molecule has 2 aromatic carbocycles. The second kappa shape index (κ2) is 7.31. The van der Waals surface area contributed by atoms with Gasteiger partial charge in [-0.2, -0.15) is 0 Å². The molecule has 0 amide bonds. The van der Waals surface area contributed by atoms with Crippen molar-refractivity contribution in [2.45, 2.75) is 12.8 Å². The molecule has 6 heteroatoms. The maximum Gasteiger partial charge on any atom is 0.314 e. The summed E-state index contributed by atoms with van der Waals surface area (Å²) < 4.78 is 0. The van der Waals surface area contributed by atoms with E-state index in [-0.39, 0.29) is 17.7 Å². The fraction of sp³-hybridized carbons (Fsp3) is 0.176. The Morgan fingerprint density at radius 3 is 2.17 bits per heavy atom. The molecular weight excluding hydrogens is 298 g/mol. The zero-order valence-corrected chi connectivity index (χ0v) is 12.2. The Kier molecular flexibility index (Phi) is 5.19. The smallest absolute Gasteiger partial charge is 0.314 e. The van der Waals surface area contributed by atoms with Crippen molar-refractivity contribution >= 4 is 17.4 Å². The molecule has 23 heavy (non-hydrogen) atoms. The van der Waals surface area contributed by atoms with Crippen molar-refractivity contribution < 1.29 is 19.6 Å². The first kappa shape index (κ1) is 16.4. The lowest BCUT2D eigenvalue weighted by Gasteiger charge is -2.11. The van der Waals surface area contributed by atoms with Crippen molar-refractivity contribution in [2.24, 2.45) is 5.92 Å². The van der Waals surface area contributed by atoms with Crippen LogP contribution in [0.5, 0.6) is 0 Å². The van der Waals surface area contributed by atoms with Crippen molar-refractivity contribution in [3.63, 3.8) is 0 Å². The molecule has 0 bridgehead atoms. The highest BCUT2D eigenvalue weighted by Gasteiger charge is 2.27. The normalized spacial score (nSPS) is 11.7. The first-order valence-corrected chi connectivity index (χ1v) is 7.04. The van der Waals surface area contributed by atoms with E-state index in [1.165, 1.54) is 24.3 Å². The summed E-state index contributed by atoms with van der Waals surface area (Å²) in [5, 5.41) is 19.9. The number of non-ortho nitro benzene ring substituents is 1. The van der Waals surface area contributed by atoms with Crippen LogP contribution in [0, 0.1) is 16.0 Å². The van der Waals surface area contributed by atoms with E-state index in [1.54, 1.807) is 0 Å². The lowest BCUT2D eigenvalue weighted by Crippen LogP contribution is -2.24. The lowest BCUT2D eigenvalue weighted by atomic mass is 9.91. The fourth-order valence-corrected chi connectivity index (χ4v) is 2.27. The zero-order valence-electron chi connectivity index (χ0n) is 12.2. The highest BCUT2D eigenvalue weighted by molar-refractivity contribution is 6.08. The maximum absolute atomic E-state index is 12.3. The summed E-state index contributed by atoms with van der Waals surface area (Å²) in [6.45, 7) is 0. The second-order valence-electron chi connectivity index (χ2n) is 5.08. The molecule has 2 aromatic rings. The average Bonchev–Trinajstić information content (AvgIpc) is 2.55. The van der Waals surface area contributed by atoms with Gasteiger partial charge >= 0.3 is 5.97 Å². The standard InChI is InChI=1S/C17H15NO5/c19-16(13-7-9-14(10-8-13)18(22)23)15(17(20)21)11-6-12-4-2-1-3-5-12/h1-5,7-10,15H,6,11H2,(H,20,21)/t15-/m0/s1. The van der Waals surface area contributed by atoms with Gasteiger partial charge in [-0.25, -0.2) is 0 Å². The number of carboxylic acid groups (broad SMARTS) is 1. The van der Waals surface area contributed by atoms with Gasteiger partial charge in [-0.15, -0.1) is 0 Å². The zero-order chi connectivity index (χ0) is 16.8. The van der Waals surface area contributed by atoms with Crippen molar-refractivity contribution in [2.75, 3.05) is 0 Å². The van der Waals surface area contributed by atoms with E-state index in [4.69, 9.17) is 0 Å². The molecule has 0 radical (unpaired) electrons. The highest BCUT2D eigenvalue weighted by atomic mass is 16.6. The number of aliphatic carboxylic acids is 1. The van der Waals surface area contributed by atoms with E-state index < -0.39 is 22.6 Å². The van der Waals surface area contributed by atoms with Gasteiger partial charge in [0.25, 0.3) is 5.69 Å². The van der Waals surface area contributed by atoms with Crippen LogP contribution in [0.4, 0.5) is 5.69 Å². The van der Waals surface area contributed by atoms with Crippen LogP contribution >= 0.6 is 0 Å². The number of carboxylic acids is 1. The monoisotopic (exact) mass is 313 g/mol. The fourth-order valence-electron chi connectivity index (χ4n) is 2.27. The predicted molar refractivity (Wildman–Crippen MR) is 83.3 cm³/mol. The third-order valence-corrected chi connectivity index (χ3v) is 3.54. The van der Waals surface area contributed by atoms with Crippen molar-refractivity contribution in [1.29, 1.82) is 0 Å². The molecule has 0 aliphatic heterocycles. The number of nitrogens with zero attached hydrogens (tertiary/aromatic N) is 1. The Morgan fingerprint density at radius 2 is 1.65 bits per heavy atom. The number of Topliss-reactive ketones (excluding diaryl/α,β-unsaturated/α-hetero) is 1. The van der Waals surface area contributed by atoms with Crippen LogP contribution in [-0.4, -0.2) is 21.8 Å². The van der Waals surface area contributed by atoms with Gasteiger partial charge in [-0.05, 0) is 30.5 Å². The topological polar surface area (TPSA) is 97.5 Å². The molecule has 0 spiro atoms. The Balaban J connectivity index is 2.12. The van der Waals surface area contributed by atoms with Crippen LogP contribution in [-0.2, 0) is 11.2 Å². The number of carbonyl (C=O) groups excluding carboxylic acids is 1. The molecule has 2 rings (SSSR count). The minimum Gasteiger partial charge on any atom is -0.481 e. The van der Waals surface area contributed by atoms with E-state index in [0.717, 1.165) is 5.56 Å². The molecule has 6 nitrogen and oxygen atoms in total. The number of hydrogen-bond donors (Lipinski definition) is 1. The third kappa shape index (κ3) is 4.23. The third-order valence-electron chi connectivity index (χ3n) is 3.54. The molecular formula is C17H15NO5. The Hall–Kier alpha value is -3.02. The molecule has 1 atom stereocenters. The van der Waals surface area contributed by atoms with Crippen LogP contribution in [0.25, 0.3) is 0 Å². The van der Waals surface area contributed by atoms with E-state index in [9.17, 15) is 24.8 Å². The summed E-state index contributed by atoms with van der Waals surface area (Å²) in [5.41, 5.74) is 0.976. The average molecular weight is 313 g/mol. The van der Waals surface area contributed by atoms with Crippen LogP contribution in [0.15, 0.2) is 54.6 Å². The van der Waals surface area contributed by atoms with Gasteiger partial charge in [0.1, 0.15) is 5.92 Å². The van der Waals surface area contributed by atoms with Crippen LogP contribution < -0.4 is 0 Å². The van der Waals surface area contributed by atoms with Crippen molar-refractivity contribution in [3.8, 4) is 0 Å². The van der Waals surface area contributed by atoms with Gasteiger partial charge in [-0.3, -0.25) is 19.7 Å². The molecule has 0 unspecified atom stereocenters. The molecule has 0 aromatic heterocycles. The molecule has 1 N–H and O–H groups in total. The first-order valence-electron chi connectivity index (χ1n) is 7.04. The number of nitro groups is 1. The SMILES string of the molecule is O=C(O)[C@@H](CCc1ccccc1)C(=O)c1ccc([N+](=O)[O-])cc1.